The molecule has 0 aliphatic carbocycles. The summed E-state index contributed by atoms with van der Waals surface area (Å²) in [5, 5.41) is 9.31. The van der Waals surface area contributed by atoms with Crippen LogP contribution in [0.3, 0.4) is 0 Å². The fourth-order valence-corrected chi connectivity index (χ4v) is 3.96. The van der Waals surface area contributed by atoms with Crippen molar-refractivity contribution in [3.63, 3.8) is 0 Å². The van der Waals surface area contributed by atoms with Crippen molar-refractivity contribution in [3.8, 4) is 5.69 Å². The first-order valence-corrected chi connectivity index (χ1v) is 10.5. The van der Waals surface area contributed by atoms with E-state index in [4.69, 9.17) is 11.6 Å². The number of carbonyl (C=O) groups is 1. The molecule has 1 unspecified atom stereocenters. The SMILES string of the molecule is CC(NC(=O)CSc1ncnc2c1cnn2-c1ccc(F)cc1)c1cccc(Cl)c1. The highest BCUT2D eigenvalue weighted by atomic mass is 35.5. The maximum absolute atomic E-state index is 13.2. The number of halogens is 2. The molecule has 9 heteroatoms. The average molecular weight is 442 g/mol. The van der Waals surface area contributed by atoms with Crippen LogP contribution in [0.4, 0.5) is 4.39 Å². The van der Waals surface area contributed by atoms with Crippen LogP contribution in [0.2, 0.25) is 5.02 Å². The summed E-state index contributed by atoms with van der Waals surface area (Å²) in [6, 6.07) is 13.2. The molecule has 0 fully saturated rings. The van der Waals surface area contributed by atoms with E-state index in [-0.39, 0.29) is 23.5 Å². The van der Waals surface area contributed by atoms with Gasteiger partial charge in [-0.3, -0.25) is 4.79 Å². The third-order valence-corrected chi connectivity index (χ3v) is 5.71. The van der Waals surface area contributed by atoms with Crippen LogP contribution in [0.5, 0.6) is 0 Å². The van der Waals surface area contributed by atoms with Gasteiger partial charge in [0.25, 0.3) is 0 Å². The van der Waals surface area contributed by atoms with E-state index < -0.39 is 0 Å². The minimum absolute atomic E-state index is 0.120. The number of aromatic nitrogens is 4. The number of hydrogen-bond acceptors (Lipinski definition) is 5. The summed E-state index contributed by atoms with van der Waals surface area (Å²) in [6.45, 7) is 1.91. The quantitative estimate of drug-likeness (QED) is 0.350. The lowest BCUT2D eigenvalue weighted by Gasteiger charge is -2.14. The third kappa shape index (κ3) is 4.44. The van der Waals surface area contributed by atoms with Crippen molar-refractivity contribution < 1.29 is 9.18 Å². The number of nitrogens with zero attached hydrogens (tertiary/aromatic N) is 4. The number of benzene rings is 2. The molecule has 2 aromatic heterocycles. The molecule has 30 heavy (non-hydrogen) atoms. The summed E-state index contributed by atoms with van der Waals surface area (Å²) in [5.41, 5.74) is 2.21. The Morgan fingerprint density at radius 2 is 2.03 bits per heavy atom. The van der Waals surface area contributed by atoms with Crippen molar-refractivity contribution in [1.82, 2.24) is 25.1 Å². The maximum Gasteiger partial charge on any atom is 0.230 e. The molecule has 6 nitrogen and oxygen atoms in total. The summed E-state index contributed by atoms with van der Waals surface area (Å²) in [6.07, 6.45) is 3.08. The number of nitrogens with one attached hydrogen (secondary N) is 1. The molecule has 0 aliphatic heterocycles. The molecule has 0 saturated heterocycles. The van der Waals surface area contributed by atoms with Gasteiger partial charge >= 0.3 is 0 Å². The molecule has 4 rings (SSSR count). The van der Waals surface area contributed by atoms with Crippen molar-refractivity contribution in [2.24, 2.45) is 0 Å². The smallest absolute Gasteiger partial charge is 0.230 e. The molecular formula is C21H17ClFN5OS. The Balaban J connectivity index is 1.46. The molecule has 1 atom stereocenters. The first-order valence-electron chi connectivity index (χ1n) is 9.13. The molecule has 0 saturated carbocycles. The zero-order chi connectivity index (χ0) is 21.1. The second-order valence-corrected chi connectivity index (χ2v) is 7.98. The number of rotatable bonds is 6. The second kappa shape index (κ2) is 8.81. The lowest BCUT2D eigenvalue weighted by atomic mass is 10.1. The van der Waals surface area contributed by atoms with Crippen LogP contribution in [-0.4, -0.2) is 31.4 Å². The molecule has 0 spiro atoms. The van der Waals surface area contributed by atoms with E-state index in [9.17, 15) is 9.18 Å². The van der Waals surface area contributed by atoms with Gasteiger partial charge in [-0.15, -0.1) is 0 Å². The lowest BCUT2D eigenvalue weighted by Crippen LogP contribution is -2.28. The van der Waals surface area contributed by atoms with Crippen molar-refractivity contribution in [3.05, 3.63) is 77.5 Å². The van der Waals surface area contributed by atoms with E-state index in [0.717, 1.165) is 10.9 Å². The van der Waals surface area contributed by atoms with E-state index in [1.54, 1.807) is 29.1 Å². The monoisotopic (exact) mass is 441 g/mol. The van der Waals surface area contributed by atoms with E-state index in [1.165, 1.54) is 30.2 Å². The second-order valence-electron chi connectivity index (χ2n) is 6.58. The third-order valence-electron chi connectivity index (χ3n) is 4.47. The molecule has 2 heterocycles. The van der Waals surface area contributed by atoms with Crippen LogP contribution in [0.15, 0.2) is 66.1 Å². The van der Waals surface area contributed by atoms with Gasteiger partial charge in [-0.1, -0.05) is 35.5 Å². The molecule has 1 N–H and O–H groups in total. The minimum atomic E-state index is -0.320. The summed E-state index contributed by atoms with van der Waals surface area (Å²) in [4.78, 5) is 21.0. The predicted molar refractivity (Wildman–Crippen MR) is 115 cm³/mol. The highest BCUT2D eigenvalue weighted by molar-refractivity contribution is 8.00. The van der Waals surface area contributed by atoms with Gasteiger partial charge in [-0.2, -0.15) is 5.10 Å². The standard InChI is InChI=1S/C21H17ClFN5OS/c1-13(14-3-2-4-15(22)9-14)27-19(29)11-30-21-18-10-26-28(20(18)24-12-25-21)17-7-5-16(23)6-8-17/h2-10,12-13H,11H2,1H3,(H,27,29). The Morgan fingerprint density at radius 3 is 2.80 bits per heavy atom. The van der Waals surface area contributed by atoms with Gasteiger partial charge in [-0.05, 0) is 48.9 Å². The van der Waals surface area contributed by atoms with E-state index in [0.29, 0.717) is 21.4 Å². The molecule has 0 aliphatic rings. The zero-order valence-corrected chi connectivity index (χ0v) is 17.5. The predicted octanol–water partition coefficient (Wildman–Crippen LogP) is 4.58. The fourth-order valence-electron chi connectivity index (χ4n) is 2.99. The number of hydrogen-bond donors (Lipinski definition) is 1. The highest BCUT2D eigenvalue weighted by Crippen LogP contribution is 2.26. The Kier molecular flexibility index (Phi) is 5.96. The first-order chi connectivity index (χ1) is 14.5. The van der Waals surface area contributed by atoms with E-state index >= 15 is 0 Å². The zero-order valence-electron chi connectivity index (χ0n) is 15.9. The molecule has 0 bridgehead atoms. The lowest BCUT2D eigenvalue weighted by molar-refractivity contribution is -0.119. The number of amides is 1. The highest BCUT2D eigenvalue weighted by Gasteiger charge is 2.15. The molecule has 152 valence electrons. The van der Waals surface area contributed by atoms with Crippen molar-refractivity contribution >= 4 is 40.3 Å². The summed E-state index contributed by atoms with van der Waals surface area (Å²) < 4.78 is 14.8. The first kappa shape index (κ1) is 20.3. The Bertz CT molecular complexity index is 1200. The average Bonchev–Trinajstić information content (AvgIpc) is 3.17. The molecular weight excluding hydrogens is 425 g/mol. The van der Waals surface area contributed by atoms with Crippen molar-refractivity contribution in [2.45, 2.75) is 18.0 Å². The van der Waals surface area contributed by atoms with Crippen LogP contribution in [0, 0.1) is 5.82 Å². The number of carbonyl (C=O) groups excluding carboxylic acids is 1. The van der Waals surface area contributed by atoms with Gasteiger partial charge in [-0.25, -0.2) is 19.0 Å². The van der Waals surface area contributed by atoms with Gasteiger partial charge in [0, 0.05) is 5.02 Å². The minimum Gasteiger partial charge on any atom is -0.349 e. The summed E-state index contributed by atoms with van der Waals surface area (Å²) >= 11 is 7.33. The Hall–Kier alpha value is -2.97. The molecule has 2 aromatic carbocycles. The fraction of sp³-hybridized carbons (Fsp3) is 0.143. The van der Waals surface area contributed by atoms with Gasteiger partial charge in [0.05, 0.1) is 29.1 Å². The maximum atomic E-state index is 13.2. The largest absolute Gasteiger partial charge is 0.349 e. The Morgan fingerprint density at radius 1 is 1.23 bits per heavy atom. The van der Waals surface area contributed by atoms with Gasteiger partial charge in [0.15, 0.2) is 5.65 Å². The van der Waals surface area contributed by atoms with Gasteiger partial charge in [0.2, 0.25) is 5.91 Å². The van der Waals surface area contributed by atoms with E-state index in [2.05, 4.69) is 20.4 Å². The van der Waals surface area contributed by atoms with Crippen LogP contribution >= 0.6 is 23.4 Å². The van der Waals surface area contributed by atoms with Gasteiger partial charge in [0.1, 0.15) is 17.2 Å². The normalized spacial score (nSPS) is 12.1. The molecule has 0 radical (unpaired) electrons. The van der Waals surface area contributed by atoms with Crippen LogP contribution in [0.1, 0.15) is 18.5 Å². The molecule has 1 amide bonds. The Labute approximate surface area is 181 Å². The topological polar surface area (TPSA) is 72.7 Å². The number of thioether (sulfide) groups is 1. The molecule has 4 aromatic rings. The summed E-state index contributed by atoms with van der Waals surface area (Å²) in [7, 11) is 0. The van der Waals surface area contributed by atoms with Crippen LogP contribution < -0.4 is 5.32 Å². The van der Waals surface area contributed by atoms with E-state index in [1.807, 2.05) is 25.1 Å². The number of fused-ring (bicyclic) bond motifs is 1. The van der Waals surface area contributed by atoms with Crippen molar-refractivity contribution in [1.29, 1.82) is 0 Å². The van der Waals surface area contributed by atoms with Gasteiger partial charge < -0.3 is 5.32 Å². The van der Waals surface area contributed by atoms with Crippen LogP contribution in [0.25, 0.3) is 16.7 Å². The van der Waals surface area contributed by atoms with Crippen molar-refractivity contribution in [2.75, 3.05) is 5.75 Å². The van der Waals surface area contributed by atoms with Crippen LogP contribution in [-0.2, 0) is 4.79 Å². The summed E-state index contributed by atoms with van der Waals surface area (Å²) in [5.74, 6) is -0.247.